The van der Waals surface area contributed by atoms with Crippen LogP contribution in [0.3, 0.4) is 0 Å². The van der Waals surface area contributed by atoms with Crippen LogP contribution in [0.2, 0.25) is 0 Å². The third-order valence-electron chi connectivity index (χ3n) is 4.51. The molecule has 0 bridgehead atoms. The lowest BCUT2D eigenvalue weighted by molar-refractivity contribution is 0.602. The van der Waals surface area contributed by atoms with E-state index in [0.29, 0.717) is 29.2 Å². The van der Waals surface area contributed by atoms with Gasteiger partial charge in [-0.05, 0) is 30.3 Å². The monoisotopic (exact) mass is 372 g/mol. The number of nitrogens with zero attached hydrogens (tertiary/aromatic N) is 3. The van der Waals surface area contributed by atoms with E-state index >= 15 is 0 Å². The second-order valence-electron chi connectivity index (χ2n) is 6.38. The highest BCUT2D eigenvalue weighted by atomic mass is 16.4. The van der Waals surface area contributed by atoms with Crippen LogP contribution in [0.1, 0.15) is 5.69 Å². The molecule has 1 aromatic carbocycles. The van der Waals surface area contributed by atoms with Crippen molar-refractivity contribution in [3.05, 3.63) is 89.0 Å². The number of nitrogens with one attached hydrogen (secondary N) is 1. The van der Waals surface area contributed by atoms with E-state index in [0.717, 1.165) is 17.8 Å². The molecule has 3 heterocycles. The second-order valence-corrected chi connectivity index (χ2v) is 6.38. The van der Waals surface area contributed by atoms with Crippen molar-refractivity contribution in [3.8, 4) is 0 Å². The van der Waals surface area contributed by atoms with Gasteiger partial charge in [0.05, 0.1) is 5.39 Å². The standard InChI is InChI=1S/C22H20N4O2/c1-26(17-8-3-2-4-9-17)20-15-19(27)18-11-14-25-22(21(18)28-20)24-13-10-16-7-5-6-12-23-16/h2-9,11-12,14-15H,10,13H2,1H3,(H,24,25). The Kier molecular flexibility index (Phi) is 5.01. The summed E-state index contributed by atoms with van der Waals surface area (Å²) >= 11 is 0. The molecule has 0 saturated carbocycles. The van der Waals surface area contributed by atoms with Crippen LogP contribution in [0, 0.1) is 0 Å². The third kappa shape index (κ3) is 3.71. The molecule has 0 unspecified atom stereocenters. The molecule has 0 atom stereocenters. The van der Waals surface area contributed by atoms with Gasteiger partial charge in [0.15, 0.2) is 16.8 Å². The first-order valence-corrected chi connectivity index (χ1v) is 9.08. The number of anilines is 3. The van der Waals surface area contributed by atoms with Crippen molar-refractivity contribution in [2.24, 2.45) is 0 Å². The number of benzene rings is 1. The van der Waals surface area contributed by atoms with Crippen LogP contribution in [-0.2, 0) is 6.42 Å². The molecule has 6 nitrogen and oxygen atoms in total. The SMILES string of the molecule is CN(c1ccccc1)c1cc(=O)c2ccnc(NCCc3ccccn3)c2o1. The summed E-state index contributed by atoms with van der Waals surface area (Å²) < 4.78 is 6.08. The molecule has 0 fully saturated rings. The van der Waals surface area contributed by atoms with Crippen LogP contribution in [-0.4, -0.2) is 23.6 Å². The molecule has 0 aliphatic heterocycles. The molecule has 0 saturated heterocycles. The number of pyridine rings is 2. The first-order chi connectivity index (χ1) is 13.7. The molecule has 140 valence electrons. The maximum absolute atomic E-state index is 12.6. The molecule has 0 amide bonds. The quantitative estimate of drug-likeness (QED) is 0.551. The van der Waals surface area contributed by atoms with E-state index in [4.69, 9.17) is 4.42 Å². The zero-order valence-corrected chi connectivity index (χ0v) is 15.5. The van der Waals surface area contributed by atoms with E-state index in [2.05, 4.69) is 15.3 Å². The summed E-state index contributed by atoms with van der Waals surface area (Å²) in [7, 11) is 1.87. The van der Waals surface area contributed by atoms with Gasteiger partial charge in [-0.2, -0.15) is 0 Å². The van der Waals surface area contributed by atoms with E-state index in [1.165, 1.54) is 6.07 Å². The number of fused-ring (bicyclic) bond motifs is 1. The topological polar surface area (TPSA) is 71.3 Å². The molecule has 4 rings (SSSR count). The van der Waals surface area contributed by atoms with Gasteiger partial charge in [0.1, 0.15) is 0 Å². The van der Waals surface area contributed by atoms with Crippen LogP contribution >= 0.6 is 0 Å². The fraction of sp³-hybridized carbons (Fsp3) is 0.136. The van der Waals surface area contributed by atoms with Crippen molar-refractivity contribution >= 4 is 28.4 Å². The summed E-state index contributed by atoms with van der Waals surface area (Å²) in [6, 6.07) is 18.8. The Balaban J connectivity index is 1.64. The van der Waals surface area contributed by atoms with Crippen molar-refractivity contribution in [2.45, 2.75) is 6.42 Å². The molecule has 6 heteroatoms. The Labute approximate surface area is 162 Å². The van der Waals surface area contributed by atoms with Crippen LogP contribution in [0.25, 0.3) is 11.0 Å². The van der Waals surface area contributed by atoms with Crippen LogP contribution < -0.4 is 15.6 Å². The summed E-state index contributed by atoms with van der Waals surface area (Å²) in [5.41, 5.74) is 2.27. The highest BCUT2D eigenvalue weighted by Crippen LogP contribution is 2.27. The predicted molar refractivity (Wildman–Crippen MR) is 111 cm³/mol. The molecule has 28 heavy (non-hydrogen) atoms. The Morgan fingerprint density at radius 2 is 1.82 bits per heavy atom. The molecular formula is C22H20N4O2. The molecule has 0 aliphatic rings. The minimum Gasteiger partial charge on any atom is -0.436 e. The molecule has 0 radical (unpaired) electrons. The minimum atomic E-state index is -0.103. The van der Waals surface area contributed by atoms with Crippen molar-refractivity contribution in [1.82, 2.24) is 9.97 Å². The lowest BCUT2D eigenvalue weighted by Gasteiger charge is -2.18. The first-order valence-electron chi connectivity index (χ1n) is 9.08. The van der Waals surface area contributed by atoms with Crippen LogP contribution in [0.15, 0.2) is 82.3 Å². The van der Waals surface area contributed by atoms with E-state index < -0.39 is 0 Å². The minimum absolute atomic E-state index is 0.103. The Bertz CT molecular complexity index is 1130. The lowest BCUT2D eigenvalue weighted by atomic mass is 10.2. The van der Waals surface area contributed by atoms with Gasteiger partial charge >= 0.3 is 0 Å². The highest BCUT2D eigenvalue weighted by Gasteiger charge is 2.13. The van der Waals surface area contributed by atoms with Gasteiger partial charge in [-0.25, -0.2) is 4.98 Å². The van der Waals surface area contributed by atoms with E-state index in [9.17, 15) is 4.79 Å². The first kappa shape index (κ1) is 17.7. The van der Waals surface area contributed by atoms with Crippen molar-refractivity contribution < 1.29 is 4.42 Å². The smallest absolute Gasteiger partial charge is 0.204 e. The fourth-order valence-corrected chi connectivity index (χ4v) is 2.99. The Hall–Kier alpha value is -3.67. The zero-order valence-electron chi connectivity index (χ0n) is 15.5. The van der Waals surface area contributed by atoms with Gasteiger partial charge in [-0.15, -0.1) is 0 Å². The van der Waals surface area contributed by atoms with Gasteiger partial charge in [0.2, 0.25) is 5.88 Å². The van der Waals surface area contributed by atoms with Crippen molar-refractivity contribution in [2.75, 3.05) is 23.8 Å². The largest absolute Gasteiger partial charge is 0.436 e. The van der Waals surface area contributed by atoms with Crippen molar-refractivity contribution in [3.63, 3.8) is 0 Å². The molecular weight excluding hydrogens is 352 g/mol. The molecule has 0 spiro atoms. The van der Waals surface area contributed by atoms with E-state index in [-0.39, 0.29) is 5.43 Å². The highest BCUT2D eigenvalue weighted by molar-refractivity contribution is 5.87. The Morgan fingerprint density at radius 3 is 2.61 bits per heavy atom. The summed E-state index contributed by atoms with van der Waals surface area (Å²) in [6.07, 6.45) is 4.13. The fourth-order valence-electron chi connectivity index (χ4n) is 2.99. The summed E-state index contributed by atoms with van der Waals surface area (Å²) in [5.74, 6) is 1.01. The van der Waals surface area contributed by atoms with Gasteiger partial charge < -0.3 is 14.6 Å². The second kappa shape index (κ2) is 7.92. The van der Waals surface area contributed by atoms with Gasteiger partial charge in [0, 0.05) is 49.9 Å². The van der Waals surface area contributed by atoms with Gasteiger partial charge in [-0.3, -0.25) is 9.78 Å². The summed E-state index contributed by atoms with van der Waals surface area (Å²) in [4.78, 5) is 23.2. The van der Waals surface area contributed by atoms with Gasteiger partial charge in [-0.1, -0.05) is 24.3 Å². The maximum atomic E-state index is 12.6. The molecule has 1 N–H and O–H groups in total. The van der Waals surface area contributed by atoms with Gasteiger partial charge in [0.25, 0.3) is 0 Å². The summed E-state index contributed by atoms with van der Waals surface area (Å²) in [6.45, 7) is 0.631. The number of aromatic nitrogens is 2. The number of rotatable bonds is 6. The van der Waals surface area contributed by atoms with E-state index in [1.54, 1.807) is 18.5 Å². The van der Waals surface area contributed by atoms with E-state index in [1.807, 2.05) is 60.5 Å². The molecule has 3 aromatic heterocycles. The maximum Gasteiger partial charge on any atom is 0.204 e. The number of para-hydroxylation sites is 1. The van der Waals surface area contributed by atoms with Crippen LogP contribution in [0.5, 0.6) is 0 Å². The normalized spacial score (nSPS) is 10.8. The number of hydrogen-bond donors (Lipinski definition) is 1. The number of hydrogen-bond acceptors (Lipinski definition) is 6. The Morgan fingerprint density at radius 1 is 1.00 bits per heavy atom. The average molecular weight is 372 g/mol. The summed E-state index contributed by atoms with van der Waals surface area (Å²) in [5, 5.41) is 3.77. The zero-order chi connectivity index (χ0) is 19.3. The predicted octanol–water partition coefficient (Wildman–Crippen LogP) is 4.01. The molecule has 4 aromatic rings. The lowest BCUT2D eigenvalue weighted by Crippen LogP contribution is -2.14. The third-order valence-corrected chi connectivity index (χ3v) is 4.51. The van der Waals surface area contributed by atoms with Crippen molar-refractivity contribution in [1.29, 1.82) is 0 Å². The molecule has 0 aliphatic carbocycles. The average Bonchev–Trinajstić information content (AvgIpc) is 2.75. The van der Waals surface area contributed by atoms with Crippen LogP contribution in [0.4, 0.5) is 17.4 Å².